The van der Waals surface area contributed by atoms with E-state index in [1.807, 2.05) is 0 Å². The monoisotopic (exact) mass is 318 g/mol. The van der Waals surface area contributed by atoms with Gasteiger partial charge in [-0.3, -0.25) is 0 Å². The van der Waals surface area contributed by atoms with Crippen molar-refractivity contribution in [1.29, 1.82) is 0 Å². The molecule has 0 radical (unpaired) electrons. The fraction of sp³-hybridized carbons (Fsp3) is 1.00. The van der Waals surface area contributed by atoms with Crippen molar-refractivity contribution in [2.24, 2.45) is 6.67 Å². The zero-order valence-electron chi connectivity index (χ0n) is 9.43. The molecule has 7 heteroatoms. The van der Waals surface area contributed by atoms with Gasteiger partial charge >= 0.3 is 94.9 Å². The van der Waals surface area contributed by atoms with Crippen molar-refractivity contribution in [3.05, 3.63) is 20.9 Å². The number of rotatable bonds is 8. The molecule has 0 aliphatic carbocycles. The van der Waals surface area contributed by atoms with E-state index in [-0.39, 0.29) is 0 Å². The van der Waals surface area contributed by atoms with Crippen LogP contribution in [0.15, 0.2) is 6.67 Å². The van der Waals surface area contributed by atoms with E-state index in [4.69, 9.17) is 11.1 Å². The van der Waals surface area contributed by atoms with E-state index >= 15 is 0 Å². The fourth-order valence-electron chi connectivity index (χ4n) is 1.43. The average Bonchev–Trinajstić information content (AvgIpc) is 2.24. The Morgan fingerprint density at radius 1 is 0.933 bits per heavy atom. The first-order valence-electron chi connectivity index (χ1n) is 5.37. The van der Waals surface area contributed by atoms with Gasteiger partial charge < -0.3 is 0 Å². The van der Waals surface area contributed by atoms with Crippen molar-refractivity contribution in [1.82, 2.24) is 0 Å². The van der Waals surface area contributed by atoms with E-state index in [9.17, 15) is 0 Å². The maximum absolute atomic E-state index is 8.55. The molecule has 0 aromatic heterocycles. The molecule has 0 fully saturated rings. The standard InChI is InChI=1S/2C4H9.2N3.Sn/c2*1-3-4-2;2*1-3-2;/h2*1,3-4H2,2H3;;;/q;;2*-1;+2. The molecule has 0 unspecified atom stereocenters. The van der Waals surface area contributed by atoms with Crippen LogP contribution >= 0.6 is 0 Å². The third-order valence-electron chi connectivity index (χ3n) is 2.32. The van der Waals surface area contributed by atoms with Gasteiger partial charge in [0.05, 0.1) is 0 Å². The molecule has 0 N–H and O–H groups in total. The topological polar surface area (TPSA) is 97.5 Å². The molecule has 0 aliphatic rings. The normalized spacial score (nSPS) is 10.3. The van der Waals surface area contributed by atoms with E-state index in [1.165, 1.54) is 0 Å². The zero-order chi connectivity index (χ0) is 11.6. The van der Waals surface area contributed by atoms with Crippen LogP contribution in [0.2, 0.25) is 8.87 Å². The van der Waals surface area contributed by atoms with Gasteiger partial charge in [-0.15, -0.1) is 0 Å². The van der Waals surface area contributed by atoms with Gasteiger partial charge in [-0.05, 0) is 0 Å². The van der Waals surface area contributed by atoms with E-state index in [1.54, 1.807) is 0 Å². The number of hydrogen-bond donors (Lipinski definition) is 0. The zero-order valence-corrected chi connectivity index (χ0v) is 12.3. The van der Waals surface area contributed by atoms with Gasteiger partial charge in [0, 0.05) is 0 Å². The van der Waals surface area contributed by atoms with Crippen LogP contribution < -0.4 is 0 Å². The second-order valence-electron chi connectivity index (χ2n) is 3.57. The van der Waals surface area contributed by atoms with Gasteiger partial charge in [-0.25, -0.2) is 0 Å². The summed E-state index contributed by atoms with van der Waals surface area (Å²) >= 11 is -3.21. The van der Waals surface area contributed by atoms with Gasteiger partial charge in [0.1, 0.15) is 0 Å². The number of hydrogen-bond acceptors (Lipinski definition) is 2. The van der Waals surface area contributed by atoms with Crippen LogP contribution in [0.3, 0.4) is 0 Å². The van der Waals surface area contributed by atoms with Crippen molar-refractivity contribution in [2.75, 3.05) is 0 Å². The SMILES string of the molecule is CCC[CH2][Sn]([CH2]CCC)([N]=[N+]=[N-])[N]=[N+]=[N-]. The molecule has 84 valence electrons. The summed E-state index contributed by atoms with van der Waals surface area (Å²) in [6, 6.07) is 0. The predicted molar refractivity (Wildman–Crippen MR) is 63.5 cm³/mol. The van der Waals surface area contributed by atoms with Crippen LogP contribution in [0.25, 0.3) is 20.9 Å². The van der Waals surface area contributed by atoms with Crippen molar-refractivity contribution in [3.63, 3.8) is 0 Å². The molecule has 0 aromatic carbocycles. The van der Waals surface area contributed by atoms with Crippen LogP contribution in [0, 0.1) is 0 Å². The van der Waals surface area contributed by atoms with Crippen LogP contribution in [-0.2, 0) is 0 Å². The summed E-state index contributed by atoms with van der Waals surface area (Å²) in [6.07, 6.45) is 4.09. The molecular weight excluding hydrogens is 299 g/mol. The Bertz CT molecular complexity index is 238. The second kappa shape index (κ2) is 8.70. The summed E-state index contributed by atoms with van der Waals surface area (Å²) in [5, 5.41) is 0. The molecule has 0 rings (SSSR count). The van der Waals surface area contributed by atoms with Crippen LogP contribution in [-0.4, -0.2) is 18.9 Å². The molecule has 0 aromatic rings. The van der Waals surface area contributed by atoms with Crippen molar-refractivity contribution in [2.45, 2.75) is 48.4 Å². The van der Waals surface area contributed by atoms with E-state index in [0.29, 0.717) is 0 Å². The molecule has 0 atom stereocenters. The van der Waals surface area contributed by atoms with E-state index in [0.717, 1.165) is 34.6 Å². The molecule has 0 saturated heterocycles. The Morgan fingerprint density at radius 3 is 1.60 bits per heavy atom. The molecule has 0 saturated carbocycles. The molecule has 0 bridgehead atoms. The average molecular weight is 317 g/mol. The summed E-state index contributed by atoms with van der Waals surface area (Å²) < 4.78 is 9.47. The van der Waals surface area contributed by atoms with Crippen LogP contribution in [0.1, 0.15) is 39.5 Å². The van der Waals surface area contributed by atoms with Gasteiger partial charge in [0.15, 0.2) is 0 Å². The number of unbranched alkanes of at least 4 members (excludes halogenated alkanes) is 2. The first kappa shape index (κ1) is 14.4. The Labute approximate surface area is 94.9 Å². The fourth-order valence-corrected chi connectivity index (χ4v) is 9.60. The Kier molecular flexibility index (Phi) is 8.37. The van der Waals surface area contributed by atoms with Crippen molar-refractivity contribution < 1.29 is 0 Å². The molecular formula is C8H18N6Sn. The van der Waals surface area contributed by atoms with Crippen molar-refractivity contribution >= 4 is 18.9 Å². The third kappa shape index (κ3) is 5.77. The number of nitrogens with zero attached hydrogens (tertiary/aromatic N) is 6. The summed E-state index contributed by atoms with van der Waals surface area (Å²) in [5.74, 6) is 0. The van der Waals surface area contributed by atoms with Gasteiger partial charge in [0.25, 0.3) is 0 Å². The van der Waals surface area contributed by atoms with E-state index in [2.05, 4.69) is 30.3 Å². The summed E-state index contributed by atoms with van der Waals surface area (Å²) in [4.78, 5) is 5.77. The summed E-state index contributed by atoms with van der Waals surface area (Å²) in [5.41, 5.74) is 17.1. The Hall–Kier alpha value is -0.581. The number of azide groups is 1. The molecule has 0 aliphatic heterocycles. The van der Waals surface area contributed by atoms with E-state index < -0.39 is 18.9 Å². The second-order valence-corrected chi connectivity index (χ2v) is 13.2. The minimum absolute atomic E-state index is 0.847. The van der Waals surface area contributed by atoms with Crippen molar-refractivity contribution in [3.8, 4) is 0 Å². The van der Waals surface area contributed by atoms with Gasteiger partial charge in [0.2, 0.25) is 0 Å². The van der Waals surface area contributed by atoms with Gasteiger partial charge in [-0.2, -0.15) is 0 Å². The quantitative estimate of drug-likeness (QED) is 0.269. The minimum atomic E-state index is -3.21. The summed E-state index contributed by atoms with van der Waals surface area (Å²) in [6.45, 7) is 4.17. The molecule has 0 spiro atoms. The van der Waals surface area contributed by atoms with Gasteiger partial charge in [-0.1, -0.05) is 0 Å². The Balaban J connectivity index is 4.70. The third-order valence-corrected chi connectivity index (χ3v) is 11.5. The Morgan fingerprint density at radius 2 is 1.33 bits per heavy atom. The molecule has 15 heavy (non-hydrogen) atoms. The molecule has 0 amide bonds. The molecule has 6 nitrogen and oxygen atoms in total. The summed E-state index contributed by atoms with van der Waals surface area (Å²) in [7, 11) is 0. The molecule has 0 heterocycles. The first-order valence-corrected chi connectivity index (χ1v) is 12.0. The first-order chi connectivity index (χ1) is 7.24. The van der Waals surface area contributed by atoms with Crippen LogP contribution in [0.5, 0.6) is 0 Å². The predicted octanol–water partition coefficient (Wildman–Crippen LogP) is 4.65. The van der Waals surface area contributed by atoms with Crippen LogP contribution in [0.4, 0.5) is 0 Å². The maximum atomic E-state index is 8.55.